The van der Waals surface area contributed by atoms with E-state index in [4.69, 9.17) is 0 Å². The molecule has 0 amide bonds. The molecule has 1 unspecified atom stereocenters. The van der Waals surface area contributed by atoms with E-state index in [-0.39, 0.29) is 0 Å². The minimum absolute atomic E-state index is 0.658. The van der Waals surface area contributed by atoms with Gasteiger partial charge in [-0.1, -0.05) is 29.8 Å². The molecule has 0 aliphatic carbocycles. The Morgan fingerprint density at radius 1 is 1.23 bits per heavy atom. The van der Waals surface area contributed by atoms with Crippen LogP contribution in [-0.4, -0.2) is 12.8 Å². The van der Waals surface area contributed by atoms with E-state index in [0.717, 1.165) is 13.0 Å². The first-order chi connectivity index (χ1) is 6.36. The van der Waals surface area contributed by atoms with Crippen LogP contribution in [0.25, 0.3) is 0 Å². The molecule has 1 atom stereocenters. The van der Waals surface area contributed by atoms with Crippen molar-refractivity contribution in [2.45, 2.75) is 25.7 Å². The Bertz CT molecular complexity index is 297. The zero-order chi connectivity index (χ0) is 9.10. The summed E-state index contributed by atoms with van der Waals surface area (Å²) >= 11 is 0. The molecule has 1 aliphatic rings. The van der Waals surface area contributed by atoms with Crippen LogP contribution in [0.5, 0.6) is 0 Å². The Labute approximate surface area is 79.5 Å². The van der Waals surface area contributed by atoms with Gasteiger partial charge in [-0.25, -0.2) is 0 Å². The normalized spacial score (nSPS) is 21.8. The fraction of sp³-hybridized carbons (Fsp3) is 0.417. The van der Waals surface area contributed by atoms with Crippen LogP contribution in [0.15, 0.2) is 29.3 Å². The Morgan fingerprint density at radius 2 is 2.00 bits per heavy atom. The van der Waals surface area contributed by atoms with E-state index in [1.807, 2.05) is 6.21 Å². The summed E-state index contributed by atoms with van der Waals surface area (Å²) in [7, 11) is 0. The molecule has 1 heteroatoms. The molecule has 0 aromatic heterocycles. The Morgan fingerprint density at radius 3 is 2.62 bits per heavy atom. The van der Waals surface area contributed by atoms with Gasteiger partial charge in [0.05, 0.1) is 0 Å². The van der Waals surface area contributed by atoms with Gasteiger partial charge in [-0.05, 0) is 31.5 Å². The minimum atomic E-state index is 0.658. The molecule has 0 saturated heterocycles. The van der Waals surface area contributed by atoms with Gasteiger partial charge in [-0.3, -0.25) is 4.99 Å². The Hall–Kier alpha value is -1.11. The van der Waals surface area contributed by atoms with Crippen molar-refractivity contribution < 1.29 is 0 Å². The summed E-state index contributed by atoms with van der Waals surface area (Å²) in [5.74, 6) is 0.658. The van der Waals surface area contributed by atoms with Gasteiger partial charge < -0.3 is 0 Å². The van der Waals surface area contributed by atoms with Gasteiger partial charge in [-0.2, -0.15) is 0 Å². The highest BCUT2D eigenvalue weighted by molar-refractivity contribution is 5.58. The summed E-state index contributed by atoms with van der Waals surface area (Å²) in [6.07, 6.45) is 4.44. The average molecular weight is 173 g/mol. The number of hydrogen-bond acceptors (Lipinski definition) is 1. The summed E-state index contributed by atoms with van der Waals surface area (Å²) in [5, 5.41) is 0. The van der Waals surface area contributed by atoms with Crippen molar-refractivity contribution >= 4 is 6.21 Å². The van der Waals surface area contributed by atoms with E-state index in [1.165, 1.54) is 17.5 Å². The quantitative estimate of drug-likeness (QED) is 0.619. The minimum Gasteiger partial charge on any atom is -0.297 e. The zero-order valence-corrected chi connectivity index (χ0v) is 8.03. The number of aliphatic imine (C=N–C) groups is 1. The molecule has 0 saturated carbocycles. The lowest BCUT2D eigenvalue weighted by Gasteiger charge is -2.17. The Kier molecular flexibility index (Phi) is 2.44. The standard InChI is InChI=1S/C12H15N/c1-10-4-6-11(7-5-10)12-3-2-8-13-9-12/h4-8,12H,2-3,9H2,1H3. The van der Waals surface area contributed by atoms with Crippen molar-refractivity contribution in [3.63, 3.8) is 0 Å². The number of hydrogen-bond donors (Lipinski definition) is 0. The maximum Gasteiger partial charge on any atom is 0.0454 e. The molecule has 13 heavy (non-hydrogen) atoms. The van der Waals surface area contributed by atoms with Crippen molar-refractivity contribution in [1.82, 2.24) is 0 Å². The van der Waals surface area contributed by atoms with Crippen molar-refractivity contribution in [1.29, 1.82) is 0 Å². The summed E-state index contributed by atoms with van der Waals surface area (Å²) in [6, 6.07) is 8.85. The van der Waals surface area contributed by atoms with Crippen LogP contribution >= 0.6 is 0 Å². The molecule has 1 aliphatic heterocycles. The van der Waals surface area contributed by atoms with Crippen molar-refractivity contribution in [3.8, 4) is 0 Å². The molecule has 0 bridgehead atoms. The second-order valence-electron chi connectivity index (χ2n) is 3.73. The van der Waals surface area contributed by atoms with Gasteiger partial charge in [0, 0.05) is 12.5 Å². The first-order valence-corrected chi connectivity index (χ1v) is 4.91. The molecule has 0 N–H and O–H groups in total. The number of nitrogens with zero attached hydrogens (tertiary/aromatic N) is 1. The molecule has 0 spiro atoms. The maximum atomic E-state index is 4.33. The van der Waals surface area contributed by atoms with E-state index < -0.39 is 0 Å². The lowest BCUT2D eigenvalue weighted by molar-refractivity contribution is 0.634. The van der Waals surface area contributed by atoms with Crippen LogP contribution < -0.4 is 0 Å². The highest BCUT2D eigenvalue weighted by Crippen LogP contribution is 2.23. The smallest absolute Gasteiger partial charge is 0.0454 e. The van der Waals surface area contributed by atoms with Gasteiger partial charge in [0.2, 0.25) is 0 Å². The molecule has 1 heterocycles. The molecule has 1 nitrogen and oxygen atoms in total. The van der Waals surface area contributed by atoms with E-state index in [1.54, 1.807) is 0 Å². The lowest BCUT2D eigenvalue weighted by atomic mass is 9.92. The van der Waals surface area contributed by atoms with E-state index in [2.05, 4.69) is 36.2 Å². The van der Waals surface area contributed by atoms with Crippen LogP contribution in [-0.2, 0) is 0 Å². The van der Waals surface area contributed by atoms with Crippen LogP contribution in [0.3, 0.4) is 0 Å². The summed E-state index contributed by atoms with van der Waals surface area (Å²) in [6.45, 7) is 3.10. The number of benzene rings is 1. The van der Waals surface area contributed by atoms with Gasteiger partial charge in [0.15, 0.2) is 0 Å². The first-order valence-electron chi connectivity index (χ1n) is 4.91. The maximum absolute atomic E-state index is 4.33. The highest BCUT2D eigenvalue weighted by Gasteiger charge is 2.12. The van der Waals surface area contributed by atoms with Crippen molar-refractivity contribution in [3.05, 3.63) is 35.4 Å². The third-order valence-corrected chi connectivity index (χ3v) is 2.65. The molecule has 68 valence electrons. The molecule has 2 rings (SSSR count). The van der Waals surface area contributed by atoms with Gasteiger partial charge in [0.1, 0.15) is 0 Å². The average Bonchev–Trinajstić information content (AvgIpc) is 2.20. The van der Waals surface area contributed by atoms with E-state index >= 15 is 0 Å². The second kappa shape index (κ2) is 3.73. The topological polar surface area (TPSA) is 12.4 Å². The largest absolute Gasteiger partial charge is 0.297 e. The van der Waals surface area contributed by atoms with Crippen molar-refractivity contribution in [2.75, 3.05) is 6.54 Å². The highest BCUT2D eigenvalue weighted by atomic mass is 14.7. The molecular formula is C12H15N. The lowest BCUT2D eigenvalue weighted by Crippen LogP contribution is -2.07. The summed E-state index contributed by atoms with van der Waals surface area (Å²) < 4.78 is 0. The Balaban J connectivity index is 2.15. The van der Waals surface area contributed by atoms with E-state index in [0.29, 0.717) is 5.92 Å². The summed E-state index contributed by atoms with van der Waals surface area (Å²) in [4.78, 5) is 4.33. The third-order valence-electron chi connectivity index (χ3n) is 2.65. The SMILES string of the molecule is Cc1ccc(C2CCC=NC2)cc1. The van der Waals surface area contributed by atoms with Crippen LogP contribution in [0.1, 0.15) is 29.9 Å². The molecule has 0 fully saturated rings. The molecule has 1 aromatic rings. The van der Waals surface area contributed by atoms with Crippen molar-refractivity contribution in [2.24, 2.45) is 4.99 Å². The van der Waals surface area contributed by atoms with Gasteiger partial charge in [0.25, 0.3) is 0 Å². The number of rotatable bonds is 1. The number of aryl methyl sites for hydroxylation is 1. The fourth-order valence-electron chi connectivity index (χ4n) is 1.77. The molecule has 1 aromatic carbocycles. The fourth-order valence-corrected chi connectivity index (χ4v) is 1.77. The van der Waals surface area contributed by atoms with Crippen LogP contribution in [0, 0.1) is 6.92 Å². The van der Waals surface area contributed by atoms with Crippen LogP contribution in [0.2, 0.25) is 0 Å². The predicted octanol–water partition coefficient (Wildman–Crippen LogP) is 2.94. The van der Waals surface area contributed by atoms with Gasteiger partial charge >= 0.3 is 0 Å². The molecule has 0 radical (unpaired) electrons. The zero-order valence-electron chi connectivity index (χ0n) is 8.03. The third kappa shape index (κ3) is 1.97. The van der Waals surface area contributed by atoms with Gasteiger partial charge in [-0.15, -0.1) is 0 Å². The van der Waals surface area contributed by atoms with E-state index in [9.17, 15) is 0 Å². The van der Waals surface area contributed by atoms with Crippen LogP contribution in [0.4, 0.5) is 0 Å². The summed E-state index contributed by atoms with van der Waals surface area (Å²) in [5.41, 5.74) is 2.78. The predicted molar refractivity (Wildman–Crippen MR) is 56.5 cm³/mol. The monoisotopic (exact) mass is 173 g/mol. The second-order valence-corrected chi connectivity index (χ2v) is 3.73. The first kappa shape index (κ1) is 8.49. The molecular weight excluding hydrogens is 158 g/mol.